The lowest BCUT2D eigenvalue weighted by atomic mass is 9.56. The molecule has 2 aliphatic carbocycles. The minimum Gasteiger partial charge on any atom is -0.481 e. The first-order chi connectivity index (χ1) is 17.5. The molecule has 2 saturated carbocycles. The lowest BCUT2D eigenvalue weighted by Crippen LogP contribution is -2.46. The van der Waals surface area contributed by atoms with Gasteiger partial charge in [0, 0.05) is 17.0 Å². The van der Waals surface area contributed by atoms with Crippen molar-refractivity contribution in [3.63, 3.8) is 0 Å². The fourth-order valence-electron chi connectivity index (χ4n) is 6.11. The molecule has 2 aromatic carbocycles. The molecule has 6 nitrogen and oxygen atoms in total. The molecule has 2 fully saturated rings. The predicted molar refractivity (Wildman–Crippen MR) is 133 cm³/mol. The number of para-hydroxylation sites is 1. The first kappa shape index (κ1) is 26.7. The Morgan fingerprint density at radius 3 is 2.38 bits per heavy atom. The summed E-state index contributed by atoms with van der Waals surface area (Å²) in [6.45, 7) is 1.90. The third-order valence-corrected chi connectivity index (χ3v) is 8.12. The number of rotatable bonds is 6. The summed E-state index contributed by atoms with van der Waals surface area (Å²) in [5.74, 6) is -0.409. The van der Waals surface area contributed by atoms with Crippen LogP contribution in [0.25, 0.3) is 0 Å². The highest BCUT2D eigenvalue weighted by Gasteiger charge is 2.50. The summed E-state index contributed by atoms with van der Waals surface area (Å²) in [5.41, 5.74) is -0.450. The van der Waals surface area contributed by atoms with Crippen LogP contribution >= 0.6 is 0 Å². The smallest absolute Gasteiger partial charge is 0.418 e. The van der Waals surface area contributed by atoms with E-state index in [1.54, 1.807) is 12.1 Å². The number of hydrogen-bond donors (Lipinski definition) is 3. The lowest BCUT2D eigenvalue weighted by molar-refractivity contribution is -0.151. The number of benzene rings is 2. The van der Waals surface area contributed by atoms with Crippen molar-refractivity contribution in [2.24, 2.45) is 17.3 Å². The quantitative estimate of drug-likeness (QED) is 0.382. The standard InChI is InChI=1S/C28H31F3N2O4/c1-2-27(16-24(34)35)14-13-19-15-18(9-12-21(19)25(27)36)17-7-10-20(11-8-17)32-26(37)33-23-6-4-3-5-22(23)28(29,30)31/h3-8,10-11,18-19,21H,2,9,12-16H2,1H3,(H,34,35)(H2,32,33,37). The van der Waals surface area contributed by atoms with Gasteiger partial charge in [-0.3, -0.25) is 9.59 Å². The van der Waals surface area contributed by atoms with E-state index in [-0.39, 0.29) is 35.6 Å². The fourth-order valence-corrected chi connectivity index (χ4v) is 6.11. The van der Waals surface area contributed by atoms with Crippen LogP contribution in [0.3, 0.4) is 0 Å². The molecule has 0 radical (unpaired) electrons. The topological polar surface area (TPSA) is 95.5 Å². The number of carboxylic acids is 1. The largest absolute Gasteiger partial charge is 0.481 e. The van der Waals surface area contributed by atoms with Gasteiger partial charge in [0.05, 0.1) is 17.7 Å². The Bertz CT molecular complexity index is 1160. The number of nitrogens with one attached hydrogen (secondary N) is 2. The molecular formula is C28H31F3N2O4. The molecular weight excluding hydrogens is 485 g/mol. The van der Waals surface area contributed by atoms with E-state index in [0.717, 1.165) is 37.3 Å². The van der Waals surface area contributed by atoms with Gasteiger partial charge in [-0.05, 0) is 80.2 Å². The second-order valence-electron chi connectivity index (χ2n) is 10.2. The van der Waals surface area contributed by atoms with Crippen LogP contribution in [0.4, 0.5) is 29.3 Å². The number of carbonyl (C=O) groups excluding carboxylic acids is 2. The molecule has 4 rings (SSSR count). The zero-order chi connectivity index (χ0) is 26.8. The number of ketones is 1. The average Bonchev–Trinajstić information content (AvgIpc) is 2.85. The number of anilines is 2. The molecule has 198 valence electrons. The van der Waals surface area contributed by atoms with Crippen molar-refractivity contribution in [2.75, 3.05) is 10.6 Å². The van der Waals surface area contributed by atoms with E-state index in [1.165, 1.54) is 18.2 Å². The molecule has 9 heteroatoms. The van der Waals surface area contributed by atoms with Gasteiger partial charge in [-0.25, -0.2) is 4.79 Å². The van der Waals surface area contributed by atoms with Crippen molar-refractivity contribution in [3.8, 4) is 0 Å². The van der Waals surface area contributed by atoms with Crippen LogP contribution < -0.4 is 10.6 Å². The van der Waals surface area contributed by atoms with Crippen LogP contribution in [0.15, 0.2) is 48.5 Å². The van der Waals surface area contributed by atoms with Crippen LogP contribution in [0.1, 0.15) is 68.9 Å². The van der Waals surface area contributed by atoms with Gasteiger partial charge in [0.1, 0.15) is 5.78 Å². The second-order valence-corrected chi connectivity index (χ2v) is 10.2. The highest BCUT2D eigenvalue weighted by molar-refractivity contribution is 6.00. The number of fused-ring (bicyclic) bond motifs is 1. The Labute approximate surface area is 213 Å². The molecule has 2 amide bonds. The summed E-state index contributed by atoms with van der Waals surface area (Å²) in [5, 5.41) is 14.2. The summed E-state index contributed by atoms with van der Waals surface area (Å²) in [6, 6.07) is 11.3. The molecule has 0 aromatic heterocycles. The van der Waals surface area contributed by atoms with Crippen molar-refractivity contribution in [1.29, 1.82) is 0 Å². The van der Waals surface area contributed by atoms with E-state index >= 15 is 0 Å². The van der Waals surface area contributed by atoms with Crippen molar-refractivity contribution in [2.45, 2.75) is 64.0 Å². The molecule has 2 aliphatic rings. The number of carboxylic acid groups (broad SMARTS) is 1. The molecule has 0 spiro atoms. The number of urea groups is 1. The van der Waals surface area contributed by atoms with Gasteiger partial charge < -0.3 is 15.7 Å². The molecule has 0 heterocycles. The highest BCUT2D eigenvalue weighted by Crippen LogP contribution is 2.51. The van der Waals surface area contributed by atoms with Gasteiger partial charge in [0.2, 0.25) is 0 Å². The van der Waals surface area contributed by atoms with Crippen LogP contribution in [0.2, 0.25) is 0 Å². The minimum atomic E-state index is -4.58. The third kappa shape index (κ3) is 5.81. The number of Topliss-reactive ketones (excluding diaryl/α,β-unsaturated/α-hetero) is 1. The SMILES string of the molecule is CCC1(CC(=O)O)CCC2CC(c3ccc(NC(=O)Nc4ccccc4C(F)(F)F)cc3)CCC2C1=O. The zero-order valence-electron chi connectivity index (χ0n) is 20.6. The maximum absolute atomic E-state index is 13.3. The molecule has 2 aromatic rings. The number of aliphatic carboxylic acids is 1. The van der Waals surface area contributed by atoms with Crippen molar-refractivity contribution < 1.29 is 32.7 Å². The fraction of sp³-hybridized carbons (Fsp3) is 0.464. The van der Waals surface area contributed by atoms with Gasteiger partial charge >= 0.3 is 18.2 Å². The van der Waals surface area contributed by atoms with Gasteiger partial charge in [0.25, 0.3) is 0 Å². The van der Waals surface area contributed by atoms with Gasteiger partial charge in [0.15, 0.2) is 0 Å². The first-order valence-corrected chi connectivity index (χ1v) is 12.6. The summed E-state index contributed by atoms with van der Waals surface area (Å²) < 4.78 is 39.5. The maximum Gasteiger partial charge on any atom is 0.418 e. The van der Waals surface area contributed by atoms with Crippen molar-refractivity contribution in [1.82, 2.24) is 0 Å². The Kier molecular flexibility index (Phi) is 7.62. The summed E-state index contributed by atoms with van der Waals surface area (Å²) >= 11 is 0. The van der Waals surface area contributed by atoms with E-state index in [0.29, 0.717) is 18.5 Å². The van der Waals surface area contributed by atoms with Crippen LogP contribution in [-0.4, -0.2) is 22.9 Å². The van der Waals surface area contributed by atoms with E-state index < -0.39 is 29.2 Å². The molecule has 0 saturated heterocycles. The Hall–Kier alpha value is -3.36. The van der Waals surface area contributed by atoms with Crippen molar-refractivity contribution >= 4 is 29.2 Å². The first-order valence-electron chi connectivity index (χ1n) is 12.6. The monoisotopic (exact) mass is 516 g/mol. The summed E-state index contributed by atoms with van der Waals surface area (Å²) in [7, 11) is 0. The molecule has 4 unspecified atom stereocenters. The molecule has 0 bridgehead atoms. The number of hydrogen-bond acceptors (Lipinski definition) is 3. The Morgan fingerprint density at radius 1 is 1.03 bits per heavy atom. The normalized spacial score (nSPS) is 25.7. The number of amides is 2. The molecule has 37 heavy (non-hydrogen) atoms. The van der Waals surface area contributed by atoms with E-state index in [4.69, 9.17) is 0 Å². The Balaban J connectivity index is 1.37. The second kappa shape index (κ2) is 10.6. The molecule has 4 atom stereocenters. The minimum absolute atomic E-state index is 0.0893. The average molecular weight is 517 g/mol. The zero-order valence-corrected chi connectivity index (χ0v) is 20.6. The summed E-state index contributed by atoms with van der Waals surface area (Å²) in [4.78, 5) is 37.0. The van der Waals surface area contributed by atoms with Gasteiger partial charge in [-0.2, -0.15) is 13.2 Å². The molecule has 3 N–H and O–H groups in total. The maximum atomic E-state index is 13.3. The highest BCUT2D eigenvalue weighted by atomic mass is 19.4. The number of halogens is 3. The van der Waals surface area contributed by atoms with Crippen LogP contribution in [-0.2, 0) is 15.8 Å². The predicted octanol–water partition coefficient (Wildman–Crippen LogP) is 7.08. The van der Waals surface area contributed by atoms with E-state index in [2.05, 4.69) is 10.6 Å². The number of carbonyl (C=O) groups is 3. The third-order valence-electron chi connectivity index (χ3n) is 8.12. The van der Waals surface area contributed by atoms with Gasteiger partial charge in [-0.15, -0.1) is 0 Å². The molecule has 0 aliphatic heterocycles. The van der Waals surface area contributed by atoms with Crippen LogP contribution in [0.5, 0.6) is 0 Å². The van der Waals surface area contributed by atoms with E-state index in [1.807, 2.05) is 19.1 Å². The Morgan fingerprint density at radius 2 is 1.73 bits per heavy atom. The number of alkyl halides is 3. The van der Waals surface area contributed by atoms with E-state index in [9.17, 15) is 32.7 Å². The lowest BCUT2D eigenvalue weighted by Gasteiger charge is -2.46. The van der Waals surface area contributed by atoms with Crippen LogP contribution in [0, 0.1) is 17.3 Å². The summed E-state index contributed by atoms with van der Waals surface area (Å²) in [6.07, 6.45) is -0.275. The van der Waals surface area contributed by atoms with Crippen molar-refractivity contribution in [3.05, 3.63) is 59.7 Å². The van der Waals surface area contributed by atoms with Gasteiger partial charge in [-0.1, -0.05) is 31.2 Å².